The third-order valence-electron chi connectivity index (χ3n) is 25.7. The van der Waals surface area contributed by atoms with Crippen LogP contribution in [-0.2, 0) is 0 Å². The van der Waals surface area contributed by atoms with Gasteiger partial charge in [-0.2, -0.15) is 0 Å². The highest BCUT2D eigenvalue weighted by atomic mass is 16.3. The molecule has 118 heavy (non-hydrogen) atoms. The molecule has 0 fully saturated rings. The quantitative estimate of drug-likeness (QED) is 0.142. The molecule has 26 aromatic rings. The van der Waals surface area contributed by atoms with E-state index in [4.69, 9.17) is 17.7 Å². The minimum Gasteiger partial charge on any atom is -0.456 e. The normalized spacial score (nSPS) is 12.2. The first-order valence-corrected chi connectivity index (χ1v) is 40.6. The smallest absolute Gasteiger partial charge is 0.143 e. The van der Waals surface area contributed by atoms with E-state index >= 15 is 0 Å². The highest BCUT2D eigenvalue weighted by Crippen LogP contribution is 2.54. The maximum absolute atomic E-state index is 7.10. The van der Waals surface area contributed by atoms with E-state index in [9.17, 15) is 0 Å². The van der Waals surface area contributed by atoms with E-state index in [0.29, 0.717) is 0 Å². The summed E-state index contributed by atoms with van der Waals surface area (Å²) in [5, 5.41) is 29.7. The van der Waals surface area contributed by atoms with E-state index in [1.54, 1.807) is 0 Å². The van der Waals surface area contributed by atoms with Crippen molar-refractivity contribution in [2.45, 2.75) is 0 Å². The maximum atomic E-state index is 7.10. The first kappa shape index (κ1) is 64.9. The van der Waals surface area contributed by atoms with Gasteiger partial charge in [0.15, 0.2) is 0 Å². The van der Waals surface area contributed by atoms with Crippen molar-refractivity contribution in [3.8, 4) is 89.0 Å². The van der Waals surface area contributed by atoms with Crippen LogP contribution in [0.4, 0.5) is 0 Å². The van der Waals surface area contributed by atoms with Gasteiger partial charge in [-0.05, 0) is 225 Å². The van der Waals surface area contributed by atoms with Crippen LogP contribution in [0.5, 0.6) is 0 Å². The molecular formula is C114H64O4. The fourth-order valence-corrected chi connectivity index (χ4v) is 20.5. The summed E-state index contributed by atoms with van der Waals surface area (Å²) in [5.74, 6) is 0. The van der Waals surface area contributed by atoms with Gasteiger partial charge in [-0.3, -0.25) is 0 Å². The lowest BCUT2D eigenvalue weighted by molar-refractivity contribution is 0.669. The molecule has 0 saturated heterocycles. The molecule has 4 heterocycles. The van der Waals surface area contributed by atoms with Crippen LogP contribution in [0.15, 0.2) is 406 Å². The Morgan fingerprint density at radius 2 is 0.432 bits per heavy atom. The molecule has 0 bridgehead atoms. The number of rotatable bonds is 8. The monoisotopic (exact) mass is 1500 g/mol. The summed E-state index contributed by atoms with van der Waals surface area (Å²) in [6.07, 6.45) is 0. The predicted octanol–water partition coefficient (Wildman–Crippen LogP) is 33.0. The van der Waals surface area contributed by atoms with Gasteiger partial charge < -0.3 is 17.7 Å². The molecule has 22 aromatic carbocycles. The zero-order valence-corrected chi connectivity index (χ0v) is 63.6. The number of furan rings is 4. The predicted molar refractivity (Wildman–Crippen MR) is 497 cm³/mol. The maximum Gasteiger partial charge on any atom is 0.143 e. The summed E-state index contributed by atoms with van der Waals surface area (Å²) in [6.45, 7) is 0. The van der Waals surface area contributed by atoms with Gasteiger partial charge in [-0.25, -0.2) is 0 Å². The Balaban J connectivity index is 0.639. The average Bonchev–Trinajstić information content (AvgIpc) is 1.26. The van der Waals surface area contributed by atoms with Gasteiger partial charge >= 0.3 is 0 Å². The second kappa shape index (κ2) is 24.9. The van der Waals surface area contributed by atoms with Crippen LogP contribution in [0.3, 0.4) is 0 Å². The number of benzene rings is 22. The second-order valence-electron chi connectivity index (χ2n) is 31.7. The van der Waals surface area contributed by atoms with Crippen LogP contribution >= 0.6 is 0 Å². The van der Waals surface area contributed by atoms with Crippen molar-refractivity contribution in [3.05, 3.63) is 388 Å². The molecule has 0 aliphatic carbocycles. The molecule has 0 atom stereocenters. The topological polar surface area (TPSA) is 52.6 Å². The molecule has 0 aliphatic rings. The Bertz CT molecular complexity index is 8650. The van der Waals surface area contributed by atoms with Gasteiger partial charge in [0.25, 0.3) is 0 Å². The van der Waals surface area contributed by atoms with Gasteiger partial charge in [0.2, 0.25) is 0 Å². The second-order valence-corrected chi connectivity index (χ2v) is 31.7. The van der Waals surface area contributed by atoms with Gasteiger partial charge in [0.05, 0.1) is 0 Å². The van der Waals surface area contributed by atoms with Crippen LogP contribution in [0.1, 0.15) is 0 Å². The number of hydrogen-bond acceptors (Lipinski definition) is 4. The molecule has 0 spiro atoms. The molecule has 0 amide bonds. The van der Waals surface area contributed by atoms with Crippen molar-refractivity contribution in [2.75, 3.05) is 0 Å². The molecule has 0 radical (unpaired) electrons. The molecule has 4 aromatic heterocycles. The van der Waals surface area contributed by atoms with Gasteiger partial charge in [0.1, 0.15) is 44.7 Å². The van der Waals surface area contributed by atoms with E-state index in [1.165, 1.54) is 65.2 Å². The largest absolute Gasteiger partial charge is 0.456 e. The van der Waals surface area contributed by atoms with Crippen molar-refractivity contribution in [1.29, 1.82) is 0 Å². The lowest BCUT2D eigenvalue weighted by Gasteiger charge is -2.20. The Morgan fingerprint density at radius 3 is 0.949 bits per heavy atom. The zero-order chi connectivity index (χ0) is 77.0. The van der Waals surface area contributed by atoms with Crippen LogP contribution < -0.4 is 0 Å². The van der Waals surface area contributed by atoms with Gasteiger partial charge in [-0.1, -0.05) is 328 Å². The highest BCUT2D eigenvalue weighted by molar-refractivity contribution is 6.32. The lowest BCUT2D eigenvalue weighted by Crippen LogP contribution is -1.93. The fourth-order valence-electron chi connectivity index (χ4n) is 20.5. The third kappa shape index (κ3) is 9.42. The Labute approximate surface area is 675 Å². The van der Waals surface area contributed by atoms with E-state index in [1.807, 2.05) is 12.1 Å². The molecule has 544 valence electrons. The average molecular weight is 1500 g/mol. The summed E-state index contributed by atoms with van der Waals surface area (Å²) in [4.78, 5) is 0. The fraction of sp³-hybridized carbons (Fsp3) is 0. The van der Waals surface area contributed by atoms with Crippen LogP contribution in [0.25, 0.3) is 274 Å². The number of fused-ring (bicyclic) bond motifs is 23. The van der Waals surface area contributed by atoms with Crippen molar-refractivity contribution < 1.29 is 17.7 Å². The SMILES string of the molecule is c1ccc2c(-c3c4cccc(-c5c6ccccc6cc6oc7ccccc7c56)c4cc4c(-c5c6cccc(-c7ccc(-c8ccc(-c9c%10cccc(-c%11cccc%12c%11ccc%11c%13ccccc%13oc%12%11)c%10cc%10c(-c%11cccc%12c%11ccc%11c%13ccccc%13oc%12%11)cccc9%10)cc8)cc7)c6cc6oc7ccccc7c56)cccc34)cccc2c1. The Morgan fingerprint density at radius 1 is 0.127 bits per heavy atom. The minimum absolute atomic E-state index is 0.841. The van der Waals surface area contributed by atoms with Crippen molar-refractivity contribution in [1.82, 2.24) is 0 Å². The third-order valence-corrected chi connectivity index (χ3v) is 25.7. The zero-order valence-electron chi connectivity index (χ0n) is 63.6. The summed E-state index contributed by atoms with van der Waals surface area (Å²) < 4.78 is 27.3. The van der Waals surface area contributed by atoms with Crippen LogP contribution in [0, 0.1) is 0 Å². The standard InChI is InChI=1S/C114H64O4/c1-3-24-71-67(21-1)23-13-35-82(71)108-85-38-19-41-87(109-73-25-4-2-22-70(73)61-105-111(109)94-28-7-11-47-103(94)115-105)98(85)63-99-86(108)39-20-42-88(99)110-89-40-14-30-72(100(89)64-106-112(110)95-29-8-12-48-104(95)116-106)68-53-49-65(50-54-68)66-51-55-69(56-52-66)107-83-36-15-33-76(74-31-17-43-90-78(74)57-59-92-80-26-5-9-45-101(80)117-113(90)92)96(83)62-97-77(34-16-37-84(97)107)75-32-18-44-91-79(75)58-60-93-81-27-6-10-46-102(81)118-114(91)93/h1-64H. The molecule has 4 heteroatoms. The lowest BCUT2D eigenvalue weighted by atomic mass is 9.82. The molecule has 26 rings (SSSR count). The molecule has 0 saturated carbocycles. The van der Waals surface area contributed by atoms with Crippen molar-refractivity contribution in [3.63, 3.8) is 0 Å². The van der Waals surface area contributed by atoms with E-state index in [-0.39, 0.29) is 0 Å². The van der Waals surface area contributed by atoms with E-state index < -0.39 is 0 Å². The van der Waals surface area contributed by atoms with Crippen LogP contribution in [-0.4, -0.2) is 0 Å². The summed E-state index contributed by atoms with van der Waals surface area (Å²) in [5.41, 5.74) is 25.4. The van der Waals surface area contributed by atoms with Gasteiger partial charge in [0, 0.05) is 65.0 Å². The van der Waals surface area contributed by atoms with Gasteiger partial charge in [-0.15, -0.1) is 0 Å². The molecule has 0 N–H and O–H groups in total. The van der Waals surface area contributed by atoms with Crippen molar-refractivity contribution in [2.24, 2.45) is 0 Å². The Hall–Kier alpha value is -15.6. The molecular weight excluding hydrogens is 1430 g/mol. The summed E-state index contributed by atoms with van der Waals surface area (Å²) in [6, 6.07) is 143. The van der Waals surface area contributed by atoms with Crippen LogP contribution in [0.2, 0.25) is 0 Å². The minimum atomic E-state index is 0.841. The Kier molecular flexibility index (Phi) is 13.7. The molecule has 0 aliphatic heterocycles. The summed E-state index contributed by atoms with van der Waals surface area (Å²) in [7, 11) is 0. The number of para-hydroxylation sites is 4. The summed E-state index contributed by atoms with van der Waals surface area (Å²) >= 11 is 0. The molecule has 4 nitrogen and oxygen atoms in total. The number of hydrogen-bond donors (Lipinski definition) is 0. The first-order chi connectivity index (χ1) is 58.5. The highest BCUT2D eigenvalue weighted by Gasteiger charge is 2.27. The van der Waals surface area contributed by atoms with E-state index in [2.05, 4.69) is 376 Å². The first-order valence-electron chi connectivity index (χ1n) is 40.6. The molecule has 0 unspecified atom stereocenters. The van der Waals surface area contributed by atoms with Crippen molar-refractivity contribution >= 4 is 185 Å². The van der Waals surface area contributed by atoms with E-state index in [0.717, 1.165) is 209 Å².